The van der Waals surface area contributed by atoms with Crippen molar-refractivity contribution in [3.05, 3.63) is 29.3 Å². The van der Waals surface area contributed by atoms with Crippen LogP contribution < -0.4 is 10.0 Å². The van der Waals surface area contributed by atoms with E-state index >= 15 is 0 Å². The van der Waals surface area contributed by atoms with Gasteiger partial charge in [-0.2, -0.15) is 0 Å². The Balaban J connectivity index is 0.00000192. The highest BCUT2D eigenvalue weighted by Gasteiger charge is 2.29. The van der Waals surface area contributed by atoms with E-state index in [9.17, 15) is 8.42 Å². The Labute approximate surface area is 145 Å². The smallest absolute Gasteiger partial charge is 0.240 e. The molecule has 0 unspecified atom stereocenters. The second-order valence-electron chi connectivity index (χ2n) is 7.02. The maximum atomic E-state index is 12.6. The fourth-order valence-electron chi connectivity index (χ4n) is 3.44. The second-order valence-corrected chi connectivity index (χ2v) is 8.79. The van der Waals surface area contributed by atoms with Gasteiger partial charge >= 0.3 is 0 Å². The van der Waals surface area contributed by atoms with E-state index in [1.807, 2.05) is 12.1 Å². The van der Waals surface area contributed by atoms with Crippen molar-refractivity contribution in [2.75, 3.05) is 19.6 Å². The summed E-state index contributed by atoms with van der Waals surface area (Å²) in [7, 11) is -3.40. The predicted molar refractivity (Wildman–Crippen MR) is 95.7 cm³/mol. The number of aryl methyl sites for hydroxylation is 2. The predicted octanol–water partition coefficient (Wildman–Crippen LogP) is 2.66. The van der Waals surface area contributed by atoms with Crippen LogP contribution in [0.25, 0.3) is 0 Å². The number of hydrogen-bond acceptors (Lipinski definition) is 3. The monoisotopic (exact) mass is 358 g/mol. The van der Waals surface area contributed by atoms with Crippen molar-refractivity contribution in [1.82, 2.24) is 10.0 Å². The summed E-state index contributed by atoms with van der Waals surface area (Å²) in [6.45, 7) is 4.63. The lowest BCUT2D eigenvalue weighted by molar-refractivity contribution is 0.232. The summed E-state index contributed by atoms with van der Waals surface area (Å²) in [5.74, 6) is 0. The van der Waals surface area contributed by atoms with Gasteiger partial charge in [0.15, 0.2) is 0 Å². The quantitative estimate of drug-likeness (QED) is 0.869. The Hall–Kier alpha value is -0.620. The molecule has 0 radical (unpaired) electrons. The molecule has 0 spiro atoms. The molecule has 2 aliphatic rings. The summed E-state index contributed by atoms with van der Waals surface area (Å²) in [6, 6.07) is 5.63. The first-order chi connectivity index (χ1) is 10.5. The Morgan fingerprint density at radius 1 is 1.13 bits per heavy atom. The highest BCUT2D eigenvalue weighted by molar-refractivity contribution is 7.89. The minimum Gasteiger partial charge on any atom is -0.317 e. The molecule has 130 valence electrons. The number of sulfonamides is 1. The van der Waals surface area contributed by atoms with Crippen molar-refractivity contribution in [1.29, 1.82) is 0 Å². The van der Waals surface area contributed by atoms with Crippen LogP contribution in [0, 0.1) is 5.41 Å². The SMILES string of the molecule is CC1(CNS(=O)(=O)c2ccc3c(c2)CCCC3)CCNCC1.Cl. The van der Waals surface area contributed by atoms with Gasteiger partial charge in [0.2, 0.25) is 10.0 Å². The van der Waals surface area contributed by atoms with E-state index in [-0.39, 0.29) is 17.8 Å². The Morgan fingerprint density at radius 3 is 2.48 bits per heavy atom. The van der Waals surface area contributed by atoms with E-state index in [0.29, 0.717) is 11.4 Å². The van der Waals surface area contributed by atoms with E-state index in [1.165, 1.54) is 17.5 Å². The van der Waals surface area contributed by atoms with Gasteiger partial charge in [-0.1, -0.05) is 13.0 Å². The van der Waals surface area contributed by atoms with Gasteiger partial charge in [0.1, 0.15) is 0 Å². The molecule has 0 amide bonds. The number of benzene rings is 1. The van der Waals surface area contributed by atoms with Crippen LogP contribution in [-0.4, -0.2) is 28.1 Å². The van der Waals surface area contributed by atoms with Gasteiger partial charge in [0.05, 0.1) is 4.90 Å². The molecule has 0 atom stereocenters. The van der Waals surface area contributed by atoms with Gasteiger partial charge < -0.3 is 5.32 Å². The van der Waals surface area contributed by atoms with E-state index in [0.717, 1.165) is 45.2 Å². The van der Waals surface area contributed by atoms with E-state index in [4.69, 9.17) is 0 Å². The fraction of sp³-hybridized carbons (Fsp3) is 0.647. The fourth-order valence-corrected chi connectivity index (χ4v) is 4.69. The highest BCUT2D eigenvalue weighted by atomic mass is 35.5. The summed E-state index contributed by atoms with van der Waals surface area (Å²) >= 11 is 0. The standard InChI is InChI=1S/C17H26N2O2S.ClH/c1-17(8-10-18-11-9-17)13-19-22(20,21)16-7-6-14-4-2-3-5-15(14)12-16;/h6-7,12,18-19H,2-5,8-11,13H2,1H3;1H. The van der Waals surface area contributed by atoms with Crippen LogP contribution in [0.4, 0.5) is 0 Å². The minimum absolute atomic E-state index is 0. The molecule has 23 heavy (non-hydrogen) atoms. The first-order valence-electron chi connectivity index (χ1n) is 8.31. The third kappa shape index (κ3) is 4.47. The molecule has 1 saturated heterocycles. The van der Waals surface area contributed by atoms with Crippen molar-refractivity contribution in [2.45, 2.75) is 50.3 Å². The molecular formula is C17H27ClN2O2S. The lowest BCUT2D eigenvalue weighted by Crippen LogP contribution is -2.42. The van der Waals surface area contributed by atoms with E-state index in [1.54, 1.807) is 6.07 Å². The van der Waals surface area contributed by atoms with Crippen molar-refractivity contribution >= 4 is 22.4 Å². The Morgan fingerprint density at radius 2 is 1.78 bits per heavy atom. The van der Waals surface area contributed by atoms with Gasteiger partial charge in [-0.15, -0.1) is 12.4 Å². The Bertz CT molecular complexity index is 640. The Kier molecular flexibility index (Phi) is 6.11. The molecule has 1 aromatic rings. The lowest BCUT2D eigenvalue weighted by atomic mass is 9.81. The van der Waals surface area contributed by atoms with E-state index < -0.39 is 10.0 Å². The third-order valence-electron chi connectivity index (χ3n) is 5.13. The molecule has 1 fully saturated rings. The molecule has 4 nitrogen and oxygen atoms in total. The van der Waals surface area contributed by atoms with Crippen molar-refractivity contribution in [3.63, 3.8) is 0 Å². The average molecular weight is 359 g/mol. The average Bonchev–Trinajstić information content (AvgIpc) is 2.53. The molecule has 0 bridgehead atoms. The summed E-state index contributed by atoms with van der Waals surface area (Å²) in [5.41, 5.74) is 2.59. The second kappa shape index (κ2) is 7.51. The summed E-state index contributed by atoms with van der Waals surface area (Å²) in [4.78, 5) is 0.422. The number of hydrogen-bond donors (Lipinski definition) is 2. The minimum atomic E-state index is -3.40. The maximum Gasteiger partial charge on any atom is 0.240 e. The third-order valence-corrected chi connectivity index (χ3v) is 6.53. The van der Waals surface area contributed by atoms with Crippen molar-refractivity contribution in [3.8, 4) is 0 Å². The van der Waals surface area contributed by atoms with Crippen molar-refractivity contribution in [2.24, 2.45) is 5.41 Å². The molecule has 1 heterocycles. The zero-order valence-corrected chi connectivity index (χ0v) is 15.4. The van der Waals surface area contributed by atoms with Crippen LogP contribution >= 0.6 is 12.4 Å². The van der Waals surface area contributed by atoms with Gasteiger partial charge in [0, 0.05) is 6.54 Å². The number of nitrogens with one attached hydrogen (secondary N) is 2. The molecule has 6 heteroatoms. The number of piperidine rings is 1. The van der Waals surface area contributed by atoms with Gasteiger partial charge in [-0.25, -0.2) is 13.1 Å². The van der Waals surface area contributed by atoms with Crippen LogP contribution in [0.5, 0.6) is 0 Å². The first-order valence-corrected chi connectivity index (χ1v) is 9.79. The number of halogens is 1. The van der Waals surface area contributed by atoms with Gasteiger partial charge in [0.25, 0.3) is 0 Å². The summed E-state index contributed by atoms with van der Waals surface area (Å²) < 4.78 is 28.0. The molecule has 2 N–H and O–H groups in total. The van der Waals surface area contributed by atoms with Gasteiger partial charge in [-0.3, -0.25) is 0 Å². The highest BCUT2D eigenvalue weighted by Crippen LogP contribution is 2.28. The molecule has 0 aromatic heterocycles. The van der Waals surface area contributed by atoms with Gasteiger partial charge in [-0.05, 0) is 80.3 Å². The number of fused-ring (bicyclic) bond motifs is 1. The van der Waals surface area contributed by atoms with Crippen LogP contribution in [0.3, 0.4) is 0 Å². The lowest BCUT2D eigenvalue weighted by Gasteiger charge is -2.34. The number of rotatable bonds is 4. The largest absolute Gasteiger partial charge is 0.317 e. The van der Waals surface area contributed by atoms with Crippen LogP contribution in [0.2, 0.25) is 0 Å². The molecular weight excluding hydrogens is 332 g/mol. The maximum absolute atomic E-state index is 12.6. The van der Waals surface area contributed by atoms with Crippen LogP contribution in [-0.2, 0) is 22.9 Å². The van der Waals surface area contributed by atoms with Crippen LogP contribution in [0.15, 0.2) is 23.1 Å². The normalized spacial score (nSPS) is 20.4. The summed E-state index contributed by atoms with van der Waals surface area (Å²) in [6.07, 6.45) is 6.48. The molecule has 1 aliphatic heterocycles. The topological polar surface area (TPSA) is 58.2 Å². The molecule has 1 aromatic carbocycles. The van der Waals surface area contributed by atoms with Crippen molar-refractivity contribution < 1.29 is 8.42 Å². The molecule has 3 rings (SSSR count). The summed E-state index contributed by atoms with van der Waals surface area (Å²) in [5, 5.41) is 3.33. The molecule has 1 aliphatic carbocycles. The zero-order valence-electron chi connectivity index (χ0n) is 13.7. The first kappa shape index (κ1) is 18.7. The van der Waals surface area contributed by atoms with E-state index in [2.05, 4.69) is 17.0 Å². The van der Waals surface area contributed by atoms with Crippen LogP contribution in [0.1, 0.15) is 43.7 Å². The molecule has 0 saturated carbocycles. The zero-order chi connectivity index (χ0) is 15.6.